The molecule has 3 heterocycles. The Hall–Kier alpha value is -4.57. The molecule has 2 fully saturated rings. The van der Waals surface area contributed by atoms with Gasteiger partial charge in [0.1, 0.15) is 11.9 Å². The monoisotopic (exact) mass is 681 g/mol. The molecule has 254 valence electrons. The van der Waals surface area contributed by atoms with E-state index in [9.17, 15) is 18.8 Å². The molecule has 0 spiro atoms. The molecular formula is C39H40FN3O5S. The van der Waals surface area contributed by atoms with Crippen molar-refractivity contribution in [3.63, 3.8) is 0 Å². The molecule has 1 N–H and O–H groups in total. The normalized spacial score (nSPS) is 26.6. The smallest absolute Gasteiger partial charge is 0.274 e. The van der Waals surface area contributed by atoms with Crippen molar-refractivity contribution in [2.24, 2.45) is 17.3 Å². The minimum absolute atomic E-state index is 0.0169. The summed E-state index contributed by atoms with van der Waals surface area (Å²) < 4.78 is 20.9. The Bertz CT molecular complexity index is 1830. The van der Waals surface area contributed by atoms with Gasteiger partial charge in [-0.2, -0.15) is 5.48 Å². The van der Waals surface area contributed by atoms with Crippen LogP contribution in [0.3, 0.4) is 0 Å². The summed E-state index contributed by atoms with van der Waals surface area (Å²) in [5, 5.41) is 0.371. The third-order valence-electron chi connectivity index (χ3n) is 10.1. The summed E-state index contributed by atoms with van der Waals surface area (Å²) in [5.41, 5.74) is 3.36. The third-order valence-corrected chi connectivity index (χ3v) is 11.0. The number of hydrogen-bond donors (Lipinski definition) is 1. The lowest BCUT2D eigenvalue weighted by Crippen LogP contribution is -2.46. The molecule has 7 rings (SSSR count). The van der Waals surface area contributed by atoms with Crippen molar-refractivity contribution < 1.29 is 28.3 Å². The number of carbonyl (C=O) groups excluding carboxylic acids is 3. The number of aromatic nitrogens is 1. The summed E-state index contributed by atoms with van der Waals surface area (Å²) in [4.78, 5) is 54.5. The van der Waals surface area contributed by atoms with Crippen molar-refractivity contribution in [2.45, 2.75) is 69.9 Å². The lowest BCUT2D eigenvalue weighted by atomic mass is 9.90. The largest absolute Gasteiger partial charge is 0.465 e. The molecule has 1 saturated heterocycles. The first-order valence-corrected chi connectivity index (χ1v) is 18.0. The summed E-state index contributed by atoms with van der Waals surface area (Å²) in [6.07, 6.45) is 9.56. The van der Waals surface area contributed by atoms with Crippen molar-refractivity contribution in [1.82, 2.24) is 15.4 Å². The number of nitrogens with one attached hydrogen (secondary N) is 1. The van der Waals surface area contributed by atoms with Crippen molar-refractivity contribution in [1.29, 1.82) is 0 Å². The summed E-state index contributed by atoms with van der Waals surface area (Å²) in [5.74, 6) is -0.819. The van der Waals surface area contributed by atoms with Crippen molar-refractivity contribution in [3.05, 3.63) is 102 Å². The second-order valence-corrected chi connectivity index (χ2v) is 14.5. The van der Waals surface area contributed by atoms with Crippen LogP contribution in [0.4, 0.5) is 4.39 Å². The van der Waals surface area contributed by atoms with E-state index >= 15 is 0 Å². The molecule has 1 saturated carbocycles. The van der Waals surface area contributed by atoms with Crippen LogP contribution in [0.2, 0.25) is 0 Å². The van der Waals surface area contributed by atoms with Crippen LogP contribution in [-0.4, -0.2) is 46.2 Å². The number of thiazole rings is 1. The van der Waals surface area contributed by atoms with Gasteiger partial charge in [-0.05, 0) is 73.9 Å². The van der Waals surface area contributed by atoms with E-state index in [2.05, 4.69) is 22.6 Å². The summed E-state index contributed by atoms with van der Waals surface area (Å²) in [6, 6.07) is 22.6. The molecule has 1 aromatic heterocycles. The fourth-order valence-electron chi connectivity index (χ4n) is 7.29. The molecule has 0 radical (unpaired) electrons. The number of ketones is 1. The number of carbonyl (C=O) groups is 3. The van der Waals surface area contributed by atoms with Gasteiger partial charge in [0.2, 0.25) is 5.91 Å². The summed E-state index contributed by atoms with van der Waals surface area (Å²) >= 11 is 1.24. The second-order valence-electron chi connectivity index (χ2n) is 13.5. The van der Waals surface area contributed by atoms with Crippen LogP contribution < -0.4 is 15.1 Å². The minimum atomic E-state index is -0.962. The van der Waals surface area contributed by atoms with Crippen LogP contribution >= 0.6 is 11.3 Å². The number of rotatable bonds is 7. The predicted octanol–water partition coefficient (Wildman–Crippen LogP) is 7.24. The Morgan fingerprint density at radius 1 is 1.02 bits per heavy atom. The summed E-state index contributed by atoms with van der Waals surface area (Å²) in [6.45, 7) is 0.227. The Kier molecular flexibility index (Phi) is 9.75. The quantitative estimate of drug-likeness (QED) is 0.163. The maximum absolute atomic E-state index is 14.5. The average molecular weight is 682 g/mol. The molecule has 49 heavy (non-hydrogen) atoms. The van der Waals surface area contributed by atoms with Gasteiger partial charge in [0.15, 0.2) is 11.5 Å². The zero-order valence-corrected chi connectivity index (χ0v) is 28.1. The topological polar surface area (TPSA) is 97.8 Å². The molecule has 3 aliphatic rings. The molecule has 8 nitrogen and oxygen atoms in total. The minimum Gasteiger partial charge on any atom is -0.465 e. The van der Waals surface area contributed by atoms with Crippen LogP contribution in [0.5, 0.6) is 10.9 Å². The van der Waals surface area contributed by atoms with Crippen LogP contribution in [0.25, 0.3) is 10.2 Å². The van der Waals surface area contributed by atoms with E-state index in [1.165, 1.54) is 23.5 Å². The Morgan fingerprint density at radius 2 is 1.82 bits per heavy atom. The van der Waals surface area contributed by atoms with Gasteiger partial charge in [-0.25, -0.2) is 9.37 Å². The first-order valence-electron chi connectivity index (χ1n) is 17.2. The average Bonchev–Trinajstić information content (AvgIpc) is 3.41. The van der Waals surface area contributed by atoms with E-state index in [1.807, 2.05) is 48.5 Å². The number of allylic oxidation sites excluding steroid dienone is 2. The fourth-order valence-corrected chi connectivity index (χ4v) is 8.20. The lowest BCUT2D eigenvalue weighted by Gasteiger charge is -2.29. The SMILES string of the molecule is O=C1C[C@]2(C(=O)NOc3ccccc3)C[C@H]2/C=C\CCCCC[C@H](Cc2ccccc2)C(=O)N2C[C@H](Oc3nc4ccc(F)cc4s3)C[C@@H]12. The number of amides is 2. The van der Waals surface area contributed by atoms with Crippen LogP contribution in [0, 0.1) is 23.1 Å². The number of benzene rings is 3. The number of halogens is 1. The highest BCUT2D eigenvalue weighted by Gasteiger charge is 2.61. The van der Waals surface area contributed by atoms with Gasteiger partial charge in [-0.3, -0.25) is 14.4 Å². The van der Waals surface area contributed by atoms with Gasteiger partial charge in [-0.15, -0.1) is 0 Å². The van der Waals surface area contributed by atoms with E-state index in [0.717, 1.165) is 37.7 Å². The number of hydroxylamine groups is 1. The van der Waals surface area contributed by atoms with Gasteiger partial charge >= 0.3 is 0 Å². The molecule has 0 bridgehead atoms. The number of para-hydroxylation sites is 1. The number of hydrogen-bond acceptors (Lipinski definition) is 7. The van der Waals surface area contributed by atoms with Gasteiger partial charge < -0.3 is 14.5 Å². The Labute approximate surface area is 289 Å². The number of ether oxygens (including phenoxy) is 1. The Balaban J connectivity index is 1.16. The van der Waals surface area contributed by atoms with E-state index in [-0.39, 0.29) is 54.6 Å². The summed E-state index contributed by atoms with van der Waals surface area (Å²) in [7, 11) is 0. The second kappa shape index (κ2) is 14.5. The molecule has 3 aromatic carbocycles. The first-order chi connectivity index (χ1) is 23.9. The van der Waals surface area contributed by atoms with Crippen LogP contribution in [0.1, 0.15) is 56.9 Å². The molecule has 4 aromatic rings. The highest BCUT2D eigenvalue weighted by molar-refractivity contribution is 7.20. The van der Waals surface area contributed by atoms with E-state index < -0.39 is 17.6 Å². The maximum atomic E-state index is 14.5. The third kappa shape index (κ3) is 7.54. The van der Waals surface area contributed by atoms with Gasteiger partial charge in [0.25, 0.3) is 11.1 Å². The number of fused-ring (bicyclic) bond motifs is 3. The van der Waals surface area contributed by atoms with Crippen molar-refractivity contribution in [2.75, 3.05) is 6.54 Å². The van der Waals surface area contributed by atoms with Gasteiger partial charge in [-0.1, -0.05) is 84.9 Å². The predicted molar refractivity (Wildman–Crippen MR) is 185 cm³/mol. The molecule has 1 aliphatic carbocycles. The van der Waals surface area contributed by atoms with Crippen molar-refractivity contribution in [3.8, 4) is 10.9 Å². The fraction of sp³-hybridized carbons (Fsp3) is 0.385. The van der Waals surface area contributed by atoms with Crippen molar-refractivity contribution >= 4 is 39.2 Å². The van der Waals surface area contributed by atoms with Crippen LogP contribution in [0.15, 0.2) is 91.0 Å². The standard InChI is InChI=1S/C39H40FN3O5S/c40-29-18-19-32-35(21-29)49-38(41-32)47-31-22-33-34(44)24-39(37(46)42-48-30-16-10-5-11-17-30)23-28(39)15-9-3-1-2-8-14-27(36(45)43(33)25-31)20-26-12-6-4-7-13-26/h4-7,9-13,15-19,21,27-28,31,33H,1-3,8,14,20,22-25H2,(H,42,46)/b15-9-/t27-,28-,31-,33+,39-/m1/s1. The molecular weight excluding hydrogens is 642 g/mol. The highest BCUT2D eigenvalue weighted by Crippen LogP contribution is 2.57. The van der Waals surface area contributed by atoms with Crippen LogP contribution in [-0.2, 0) is 20.8 Å². The highest BCUT2D eigenvalue weighted by atomic mass is 32.1. The molecule has 5 atom stereocenters. The zero-order chi connectivity index (χ0) is 33.8. The van der Waals surface area contributed by atoms with E-state index in [4.69, 9.17) is 9.57 Å². The maximum Gasteiger partial charge on any atom is 0.274 e. The molecule has 10 heteroatoms. The molecule has 2 aliphatic heterocycles. The lowest BCUT2D eigenvalue weighted by molar-refractivity contribution is -0.143. The first kappa shape index (κ1) is 33.0. The van der Waals surface area contributed by atoms with E-state index in [1.54, 1.807) is 23.1 Å². The number of nitrogens with zero attached hydrogens (tertiary/aromatic N) is 2. The Morgan fingerprint density at radius 3 is 2.63 bits per heavy atom. The van der Waals surface area contributed by atoms with E-state index in [0.29, 0.717) is 34.0 Å². The number of Topliss-reactive ketones (excluding diaryl/α,β-unsaturated/α-hetero) is 1. The molecule has 2 amide bonds. The zero-order valence-electron chi connectivity index (χ0n) is 27.3. The van der Waals surface area contributed by atoms with Gasteiger partial charge in [0, 0.05) is 18.8 Å². The molecule has 0 unspecified atom stereocenters. The van der Waals surface area contributed by atoms with Gasteiger partial charge in [0.05, 0.1) is 28.2 Å².